The molecule has 1 aromatic carbocycles. The highest BCUT2D eigenvalue weighted by atomic mass is 19.4. The van der Waals surface area contributed by atoms with Crippen LogP contribution in [0.15, 0.2) is 23.0 Å². The summed E-state index contributed by atoms with van der Waals surface area (Å²) in [5.41, 5.74) is 3.21. The van der Waals surface area contributed by atoms with Crippen LogP contribution >= 0.6 is 0 Å². The fourth-order valence-corrected chi connectivity index (χ4v) is 7.70. The molecule has 1 heterocycles. The van der Waals surface area contributed by atoms with Crippen molar-refractivity contribution in [2.75, 3.05) is 46.2 Å². The monoisotopic (exact) mass is 622 g/mol. The Morgan fingerprint density at radius 1 is 1.11 bits per heavy atom. The minimum absolute atomic E-state index is 0.0375. The van der Waals surface area contributed by atoms with Crippen molar-refractivity contribution >= 4 is 28.9 Å². The highest BCUT2D eigenvalue weighted by molar-refractivity contribution is 6.24. The molecule has 1 saturated carbocycles. The van der Waals surface area contributed by atoms with Crippen LogP contribution in [0.2, 0.25) is 0 Å². The minimum atomic E-state index is -4.25. The molecule has 4 atom stereocenters. The molecule has 44 heavy (non-hydrogen) atoms. The first-order chi connectivity index (χ1) is 20.4. The van der Waals surface area contributed by atoms with E-state index in [1.807, 2.05) is 4.90 Å². The third-order valence-corrected chi connectivity index (χ3v) is 9.66. The summed E-state index contributed by atoms with van der Waals surface area (Å²) in [5, 5.41) is 45.4. The number of hydrogen-bond donors (Lipinski definition) is 5. The molecule has 2 fully saturated rings. The Kier molecular flexibility index (Phi) is 7.78. The smallest absolute Gasteiger partial charge is 0.391 e. The average molecular weight is 623 g/mol. The van der Waals surface area contributed by atoms with Gasteiger partial charge in [0.05, 0.1) is 17.5 Å². The Hall–Kier alpha value is -3.62. The number of fused-ring (bicyclic) bond motifs is 3. The van der Waals surface area contributed by atoms with E-state index in [2.05, 4.69) is 0 Å². The standard InChI is InChI=1S/C30H37F3N4O7/c1-35(2)22-14(12-37-7-5-15(6-8-37)30(31,32)33)11-18(38)20-16(22)9-13-10-17-23(36(3)4)25(40)21(28(34)43)27(42)29(17,44)26(41)19(13)24(20)39/h11,13,15,17,23,38-39,42,44H,5-10,12H2,1-4H3,(H2,34,43)/t13-,17-,23-,29-/m0/s1. The van der Waals surface area contributed by atoms with Gasteiger partial charge in [0.15, 0.2) is 11.4 Å². The third-order valence-electron chi connectivity index (χ3n) is 9.66. The number of piperidine rings is 1. The van der Waals surface area contributed by atoms with Crippen LogP contribution < -0.4 is 10.6 Å². The second-order valence-electron chi connectivity index (χ2n) is 12.7. The molecular formula is C30H37F3N4O7. The topological polar surface area (TPSA) is 168 Å². The number of benzene rings is 1. The number of hydrogen-bond acceptors (Lipinski definition) is 10. The van der Waals surface area contributed by atoms with Crippen molar-refractivity contribution in [3.63, 3.8) is 0 Å². The van der Waals surface area contributed by atoms with Crippen molar-refractivity contribution in [3.05, 3.63) is 39.7 Å². The van der Waals surface area contributed by atoms with Crippen molar-refractivity contribution in [2.24, 2.45) is 23.5 Å². The number of aromatic hydroxyl groups is 1. The number of aliphatic hydroxyl groups is 3. The quantitative estimate of drug-likeness (QED) is 0.306. The Morgan fingerprint density at radius 2 is 1.73 bits per heavy atom. The molecule has 4 aliphatic rings. The fourth-order valence-electron chi connectivity index (χ4n) is 7.70. The second kappa shape index (κ2) is 10.8. The molecule has 0 bridgehead atoms. The number of likely N-dealkylation sites (tertiary alicyclic amines) is 1. The molecule has 1 saturated heterocycles. The van der Waals surface area contributed by atoms with Crippen LogP contribution in [0.5, 0.6) is 5.75 Å². The van der Waals surface area contributed by atoms with Gasteiger partial charge in [0.25, 0.3) is 5.91 Å². The summed E-state index contributed by atoms with van der Waals surface area (Å²) in [6.07, 6.45) is -4.26. The molecular weight excluding hydrogens is 585 g/mol. The minimum Gasteiger partial charge on any atom is -0.508 e. The van der Waals surface area contributed by atoms with Crippen LogP contribution in [0.3, 0.4) is 0 Å². The number of phenols is 1. The fraction of sp³-hybridized carbons (Fsp3) is 0.567. The molecule has 1 aliphatic heterocycles. The molecule has 0 radical (unpaired) electrons. The number of halogens is 3. The molecule has 6 N–H and O–H groups in total. The van der Waals surface area contributed by atoms with Crippen molar-refractivity contribution in [1.82, 2.24) is 9.80 Å². The Morgan fingerprint density at radius 3 is 2.25 bits per heavy atom. The summed E-state index contributed by atoms with van der Waals surface area (Å²) in [6, 6.07) is 0.218. The number of primary amides is 1. The van der Waals surface area contributed by atoms with Gasteiger partial charge in [0.1, 0.15) is 22.8 Å². The lowest BCUT2D eigenvalue weighted by molar-refractivity contribution is -0.185. The Bertz CT molecular complexity index is 1490. The number of carbonyl (C=O) groups is 3. The maximum Gasteiger partial charge on any atom is 0.391 e. The molecule has 3 aliphatic carbocycles. The molecule has 14 heteroatoms. The van der Waals surface area contributed by atoms with Crippen LogP contribution in [0.25, 0.3) is 5.76 Å². The molecule has 1 amide bonds. The molecule has 11 nitrogen and oxygen atoms in total. The van der Waals surface area contributed by atoms with E-state index in [-0.39, 0.29) is 62.2 Å². The van der Waals surface area contributed by atoms with Crippen molar-refractivity contribution in [1.29, 1.82) is 0 Å². The maximum atomic E-state index is 14.0. The highest BCUT2D eigenvalue weighted by Crippen LogP contribution is 2.54. The van der Waals surface area contributed by atoms with Gasteiger partial charge < -0.3 is 31.1 Å². The molecule has 0 spiro atoms. The number of carbonyl (C=O) groups excluding carboxylic acids is 3. The Balaban J connectivity index is 1.59. The average Bonchev–Trinajstić information content (AvgIpc) is 2.89. The zero-order chi connectivity index (χ0) is 32.6. The normalized spacial score (nSPS) is 28.2. The van der Waals surface area contributed by atoms with Crippen molar-refractivity contribution < 1.29 is 48.0 Å². The van der Waals surface area contributed by atoms with Gasteiger partial charge in [-0.05, 0) is 76.0 Å². The van der Waals surface area contributed by atoms with Crippen LogP contribution in [0.1, 0.15) is 36.0 Å². The highest BCUT2D eigenvalue weighted by Gasteiger charge is 2.64. The zero-order valence-corrected chi connectivity index (χ0v) is 24.9. The number of Topliss-reactive ketones (excluding diaryl/α,β-unsaturated/α-hetero) is 2. The number of aliphatic hydroxyl groups excluding tert-OH is 2. The zero-order valence-electron chi connectivity index (χ0n) is 24.9. The third kappa shape index (κ3) is 4.74. The number of alkyl halides is 3. The summed E-state index contributed by atoms with van der Waals surface area (Å²) in [5.74, 6) is -8.66. The van der Waals surface area contributed by atoms with Crippen LogP contribution in [0.4, 0.5) is 18.9 Å². The number of nitrogens with two attached hydrogens (primary N) is 1. The number of rotatable bonds is 5. The summed E-state index contributed by atoms with van der Waals surface area (Å²) < 4.78 is 39.6. The number of amides is 1. The molecule has 0 unspecified atom stereocenters. The van der Waals surface area contributed by atoms with E-state index in [9.17, 15) is 48.0 Å². The SMILES string of the molecule is CN(C)c1c(CN2CCC(C(F)(F)F)CC2)cc(O)c2c1C[C@H]1C[C@H]3[C@H](N(C)C)C(=O)C(C(N)=O)=C(O)[C@@]3(O)C(=O)C1=C2O. The first-order valence-corrected chi connectivity index (χ1v) is 14.4. The van der Waals surface area contributed by atoms with Gasteiger partial charge in [-0.15, -0.1) is 0 Å². The van der Waals surface area contributed by atoms with E-state index in [0.717, 1.165) is 0 Å². The van der Waals surface area contributed by atoms with Gasteiger partial charge in [-0.25, -0.2) is 0 Å². The van der Waals surface area contributed by atoms with E-state index in [0.29, 0.717) is 16.8 Å². The second-order valence-corrected chi connectivity index (χ2v) is 12.7. The predicted molar refractivity (Wildman–Crippen MR) is 153 cm³/mol. The lowest BCUT2D eigenvalue weighted by Gasteiger charge is -2.50. The van der Waals surface area contributed by atoms with Crippen LogP contribution in [-0.2, 0) is 27.3 Å². The van der Waals surface area contributed by atoms with Gasteiger partial charge in [0.2, 0.25) is 5.78 Å². The first-order valence-electron chi connectivity index (χ1n) is 14.4. The molecule has 0 aromatic heterocycles. The van der Waals surface area contributed by atoms with Crippen molar-refractivity contribution in [3.8, 4) is 5.75 Å². The van der Waals surface area contributed by atoms with Gasteiger partial charge in [-0.2, -0.15) is 13.2 Å². The lowest BCUT2D eigenvalue weighted by atomic mass is 9.57. The van der Waals surface area contributed by atoms with E-state index < -0.39 is 70.1 Å². The van der Waals surface area contributed by atoms with Gasteiger partial charge in [-0.3, -0.25) is 24.2 Å². The first kappa shape index (κ1) is 31.8. The van der Waals surface area contributed by atoms with E-state index in [1.54, 1.807) is 19.0 Å². The Labute approximate surface area is 252 Å². The van der Waals surface area contributed by atoms with Gasteiger partial charge in [-0.1, -0.05) is 0 Å². The largest absolute Gasteiger partial charge is 0.508 e. The number of anilines is 1. The van der Waals surface area contributed by atoms with Crippen molar-refractivity contribution in [2.45, 2.75) is 50.0 Å². The van der Waals surface area contributed by atoms with E-state index in [4.69, 9.17) is 5.73 Å². The molecule has 5 rings (SSSR count). The van der Waals surface area contributed by atoms with Gasteiger partial charge >= 0.3 is 6.18 Å². The number of ketones is 2. The summed E-state index contributed by atoms with van der Waals surface area (Å²) >= 11 is 0. The number of likely N-dealkylation sites (N-methyl/N-ethyl adjacent to an activating group) is 1. The van der Waals surface area contributed by atoms with Crippen LogP contribution in [0, 0.1) is 17.8 Å². The maximum absolute atomic E-state index is 14.0. The van der Waals surface area contributed by atoms with Crippen LogP contribution in [-0.4, -0.2) is 107 Å². The predicted octanol–water partition coefficient (Wildman–Crippen LogP) is 1.80. The number of phenolic OH excluding ortho intramolecular Hbond substituents is 1. The van der Waals surface area contributed by atoms with E-state index >= 15 is 0 Å². The summed E-state index contributed by atoms with van der Waals surface area (Å²) in [4.78, 5) is 44.6. The summed E-state index contributed by atoms with van der Waals surface area (Å²) in [6.45, 7) is 0.672. The summed E-state index contributed by atoms with van der Waals surface area (Å²) in [7, 11) is 6.56. The lowest BCUT2D eigenvalue weighted by Crippen LogP contribution is -2.65. The number of nitrogens with zero attached hydrogens (tertiary/aromatic N) is 3. The molecule has 240 valence electrons. The molecule has 1 aromatic rings. The van der Waals surface area contributed by atoms with E-state index in [1.165, 1.54) is 25.1 Å². The van der Waals surface area contributed by atoms with Gasteiger partial charge in [0, 0.05) is 37.8 Å².